The van der Waals surface area contributed by atoms with Gasteiger partial charge in [0.15, 0.2) is 6.61 Å². The molecule has 0 aliphatic heterocycles. The zero-order valence-electron chi connectivity index (χ0n) is 19.0. The lowest BCUT2D eigenvalue weighted by molar-refractivity contribution is -0.147. The smallest absolute Gasteiger partial charge is 0.338 e. The van der Waals surface area contributed by atoms with Gasteiger partial charge in [-0.05, 0) is 61.7 Å². The number of aryl methyl sites for hydroxylation is 1. The van der Waals surface area contributed by atoms with Crippen LogP contribution in [-0.4, -0.2) is 37.0 Å². The summed E-state index contributed by atoms with van der Waals surface area (Å²) in [4.78, 5) is 47.6. The van der Waals surface area contributed by atoms with E-state index in [0.717, 1.165) is 18.4 Å². The summed E-state index contributed by atoms with van der Waals surface area (Å²) in [5.74, 6) is -1.64. The first-order chi connectivity index (χ1) is 15.9. The first kappa shape index (κ1) is 25.6. The highest BCUT2D eigenvalue weighted by molar-refractivity contribution is 5.94. The first-order valence-corrected chi connectivity index (χ1v) is 11.0. The van der Waals surface area contributed by atoms with Crippen LogP contribution in [0.3, 0.4) is 0 Å². The van der Waals surface area contributed by atoms with Crippen LogP contribution in [-0.2, 0) is 23.9 Å². The van der Waals surface area contributed by atoms with Crippen molar-refractivity contribution in [3.05, 3.63) is 59.7 Å². The number of amides is 2. The molecular formula is C25H30N2O6. The number of carbonyl (C=O) groups excluding carboxylic acids is 4. The summed E-state index contributed by atoms with van der Waals surface area (Å²) < 4.78 is 10.1. The monoisotopic (exact) mass is 454 g/mol. The second-order valence-electron chi connectivity index (χ2n) is 7.55. The Kier molecular flexibility index (Phi) is 10.6. The molecule has 0 spiro atoms. The molecule has 176 valence electrons. The average Bonchev–Trinajstić information content (AvgIpc) is 2.78. The number of esters is 2. The summed E-state index contributed by atoms with van der Waals surface area (Å²) in [6, 6.07) is 13.7. The molecule has 2 rings (SSSR count). The van der Waals surface area contributed by atoms with Crippen LogP contribution in [0, 0.1) is 6.92 Å². The Morgan fingerprint density at radius 3 is 2.24 bits per heavy atom. The molecular weight excluding hydrogens is 424 g/mol. The Morgan fingerprint density at radius 2 is 1.55 bits per heavy atom. The highest BCUT2D eigenvalue weighted by Crippen LogP contribution is 2.12. The maximum Gasteiger partial charge on any atom is 0.338 e. The molecule has 0 unspecified atom stereocenters. The van der Waals surface area contributed by atoms with Gasteiger partial charge in [0.1, 0.15) is 0 Å². The zero-order valence-corrected chi connectivity index (χ0v) is 19.0. The molecule has 0 bridgehead atoms. The van der Waals surface area contributed by atoms with Crippen LogP contribution in [0.15, 0.2) is 48.5 Å². The lowest BCUT2D eigenvalue weighted by Gasteiger charge is -2.08. The summed E-state index contributed by atoms with van der Waals surface area (Å²) in [7, 11) is 0. The van der Waals surface area contributed by atoms with Crippen molar-refractivity contribution in [1.82, 2.24) is 0 Å². The minimum absolute atomic E-state index is 0.0215. The molecule has 0 saturated carbocycles. The number of anilines is 2. The Balaban J connectivity index is 1.63. The van der Waals surface area contributed by atoms with Crippen molar-refractivity contribution >= 4 is 35.1 Å². The van der Waals surface area contributed by atoms with Gasteiger partial charge in [-0.15, -0.1) is 0 Å². The Labute approximate surface area is 193 Å². The van der Waals surface area contributed by atoms with Crippen LogP contribution in [0.4, 0.5) is 11.4 Å². The predicted molar refractivity (Wildman–Crippen MR) is 125 cm³/mol. The van der Waals surface area contributed by atoms with E-state index in [1.807, 2.05) is 32.0 Å². The maximum absolute atomic E-state index is 12.1. The van der Waals surface area contributed by atoms with Crippen molar-refractivity contribution in [2.24, 2.45) is 0 Å². The van der Waals surface area contributed by atoms with E-state index < -0.39 is 17.8 Å². The molecule has 0 aromatic heterocycles. The maximum atomic E-state index is 12.1. The summed E-state index contributed by atoms with van der Waals surface area (Å²) in [6.07, 6.45) is 2.18. The van der Waals surface area contributed by atoms with Gasteiger partial charge in [0, 0.05) is 24.2 Å². The second kappa shape index (κ2) is 13.7. The molecule has 2 N–H and O–H groups in total. The lowest BCUT2D eigenvalue weighted by Crippen LogP contribution is -2.21. The first-order valence-electron chi connectivity index (χ1n) is 11.0. The van der Waals surface area contributed by atoms with Gasteiger partial charge in [0.2, 0.25) is 5.91 Å². The van der Waals surface area contributed by atoms with Gasteiger partial charge >= 0.3 is 11.9 Å². The van der Waals surface area contributed by atoms with Crippen molar-refractivity contribution in [2.45, 2.75) is 46.0 Å². The number of benzene rings is 2. The van der Waals surface area contributed by atoms with E-state index in [1.54, 1.807) is 30.3 Å². The summed E-state index contributed by atoms with van der Waals surface area (Å²) in [6.45, 7) is 3.92. The van der Waals surface area contributed by atoms with Gasteiger partial charge in [-0.2, -0.15) is 0 Å². The molecule has 0 fully saturated rings. The van der Waals surface area contributed by atoms with E-state index in [9.17, 15) is 19.2 Å². The van der Waals surface area contributed by atoms with Gasteiger partial charge in [0.05, 0.1) is 12.2 Å². The van der Waals surface area contributed by atoms with Gasteiger partial charge < -0.3 is 20.1 Å². The molecule has 2 amide bonds. The summed E-state index contributed by atoms with van der Waals surface area (Å²) in [5.41, 5.74) is 2.59. The Bertz CT molecular complexity index is 956. The molecule has 0 aliphatic carbocycles. The number of hydrogen-bond donors (Lipinski definition) is 2. The third-order valence-electron chi connectivity index (χ3n) is 4.59. The van der Waals surface area contributed by atoms with Crippen molar-refractivity contribution in [2.75, 3.05) is 23.8 Å². The minimum atomic E-state index is -0.548. The van der Waals surface area contributed by atoms with Gasteiger partial charge in [-0.1, -0.05) is 25.5 Å². The highest BCUT2D eigenvalue weighted by atomic mass is 16.5. The van der Waals surface area contributed by atoms with Crippen molar-refractivity contribution in [3.63, 3.8) is 0 Å². The van der Waals surface area contributed by atoms with Crippen molar-refractivity contribution in [3.8, 4) is 0 Å². The quantitative estimate of drug-likeness (QED) is 0.367. The predicted octanol–water partition coefficient (Wildman–Crippen LogP) is 4.24. The van der Waals surface area contributed by atoms with E-state index in [-0.39, 0.29) is 31.8 Å². The minimum Gasteiger partial charge on any atom is -0.462 e. The molecule has 0 radical (unpaired) electrons. The third-order valence-corrected chi connectivity index (χ3v) is 4.59. The van der Waals surface area contributed by atoms with Crippen molar-refractivity contribution < 1.29 is 28.7 Å². The van der Waals surface area contributed by atoms with Crippen LogP contribution >= 0.6 is 0 Å². The standard InChI is InChI=1S/C25H30N2O6/c1-3-4-15-32-25(31)19-11-13-20(14-12-19)26-22(28)9-6-10-24(30)33-17-23(29)27-21-8-5-7-18(2)16-21/h5,7-8,11-14,16H,3-4,6,9-10,15,17H2,1-2H3,(H,26,28)(H,27,29). The SMILES string of the molecule is CCCCOC(=O)c1ccc(NC(=O)CCCC(=O)OCC(=O)Nc2cccc(C)c2)cc1. The van der Waals surface area contributed by atoms with E-state index >= 15 is 0 Å². The number of nitrogens with one attached hydrogen (secondary N) is 2. The van der Waals surface area contributed by atoms with Crippen LogP contribution in [0.1, 0.15) is 54.9 Å². The molecule has 8 heteroatoms. The van der Waals surface area contributed by atoms with E-state index in [0.29, 0.717) is 23.5 Å². The number of carbonyl (C=O) groups is 4. The van der Waals surface area contributed by atoms with E-state index in [2.05, 4.69) is 10.6 Å². The van der Waals surface area contributed by atoms with Gasteiger partial charge in [0.25, 0.3) is 5.91 Å². The van der Waals surface area contributed by atoms with Crippen LogP contribution < -0.4 is 10.6 Å². The molecule has 0 heterocycles. The summed E-state index contributed by atoms with van der Waals surface area (Å²) in [5, 5.41) is 5.36. The largest absolute Gasteiger partial charge is 0.462 e. The highest BCUT2D eigenvalue weighted by Gasteiger charge is 2.11. The molecule has 0 saturated heterocycles. The number of ether oxygens (including phenoxy) is 2. The lowest BCUT2D eigenvalue weighted by atomic mass is 10.2. The fourth-order valence-electron chi connectivity index (χ4n) is 2.84. The van der Waals surface area contributed by atoms with Crippen LogP contribution in [0.25, 0.3) is 0 Å². The number of rotatable bonds is 12. The molecule has 2 aromatic rings. The van der Waals surface area contributed by atoms with Gasteiger partial charge in [-0.25, -0.2) is 4.79 Å². The van der Waals surface area contributed by atoms with Crippen LogP contribution in [0.5, 0.6) is 0 Å². The van der Waals surface area contributed by atoms with Crippen molar-refractivity contribution in [1.29, 1.82) is 0 Å². The fraction of sp³-hybridized carbons (Fsp3) is 0.360. The van der Waals surface area contributed by atoms with E-state index in [1.165, 1.54) is 0 Å². The fourth-order valence-corrected chi connectivity index (χ4v) is 2.84. The van der Waals surface area contributed by atoms with Gasteiger partial charge in [-0.3, -0.25) is 14.4 Å². The zero-order chi connectivity index (χ0) is 24.1. The van der Waals surface area contributed by atoms with Crippen LogP contribution in [0.2, 0.25) is 0 Å². The Hall–Kier alpha value is -3.68. The topological polar surface area (TPSA) is 111 Å². The third kappa shape index (κ3) is 9.99. The molecule has 0 atom stereocenters. The second-order valence-corrected chi connectivity index (χ2v) is 7.55. The molecule has 2 aromatic carbocycles. The summed E-state index contributed by atoms with van der Waals surface area (Å²) >= 11 is 0. The number of hydrogen-bond acceptors (Lipinski definition) is 6. The molecule has 0 aliphatic rings. The molecule has 33 heavy (non-hydrogen) atoms. The Morgan fingerprint density at radius 1 is 0.818 bits per heavy atom. The number of unbranched alkanes of at least 4 members (excludes halogenated alkanes) is 1. The average molecular weight is 455 g/mol. The van der Waals surface area contributed by atoms with E-state index in [4.69, 9.17) is 9.47 Å². The molecule has 8 nitrogen and oxygen atoms in total. The normalized spacial score (nSPS) is 10.2.